The van der Waals surface area contributed by atoms with Crippen LogP contribution in [0.5, 0.6) is 0 Å². The number of hydrogen-bond acceptors (Lipinski definition) is 4. The number of aryl methyl sites for hydroxylation is 1. The van der Waals surface area contributed by atoms with Crippen LogP contribution in [0.4, 0.5) is 0 Å². The fourth-order valence-corrected chi connectivity index (χ4v) is 4.12. The van der Waals surface area contributed by atoms with E-state index in [1.807, 2.05) is 55.5 Å². The average Bonchev–Trinajstić information content (AvgIpc) is 2.86. The lowest BCUT2D eigenvalue weighted by Gasteiger charge is -2.36. The maximum atomic E-state index is 13.3. The number of amides is 1. The first-order chi connectivity index (χ1) is 15.8. The van der Waals surface area contributed by atoms with Gasteiger partial charge in [0.25, 0.3) is 5.91 Å². The van der Waals surface area contributed by atoms with E-state index in [1.54, 1.807) is 13.8 Å². The molecule has 0 N–H and O–H groups in total. The zero-order valence-corrected chi connectivity index (χ0v) is 20.0. The second kappa shape index (κ2) is 11.3. The molecule has 0 spiro atoms. The van der Waals surface area contributed by atoms with E-state index in [0.29, 0.717) is 25.8 Å². The van der Waals surface area contributed by atoms with Gasteiger partial charge in [-0.05, 0) is 49.7 Å². The van der Waals surface area contributed by atoms with Gasteiger partial charge in [-0.15, -0.1) is 0 Å². The summed E-state index contributed by atoms with van der Waals surface area (Å²) >= 11 is 0. The van der Waals surface area contributed by atoms with Gasteiger partial charge < -0.3 is 9.64 Å². The maximum Gasteiger partial charge on any atom is 0.329 e. The largest absolute Gasteiger partial charge is 0.456 e. The minimum absolute atomic E-state index is 0.407. The fraction of sp³-hybridized carbons (Fsp3) is 0.464. The number of ether oxygens (including phenoxy) is 1. The maximum absolute atomic E-state index is 13.3. The Morgan fingerprint density at radius 3 is 2.27 bits per heavy atom. The Labute approximate surface area is 197 Å². The van der Waals surface area contributed by atoms with Crippen LogP contribution in [0.3, 0.4) is 0 Å². The van der Waals surface area contributed by atoms with Crippen molar-refractivity contribution in [1.29, 1.82) is 0 Å². The second-order valence-corrected chi connectivity index (χ2v) is 9.44. The Bertz CT molecular complexity index is 939. The van der Waals surface area contributed by atoms with E-state index in [2.05, 4.69) is 12.1 Å². The molecular formula is C28H35NO4. The molecule has 0 aliphatic carbocycles. The van der Waals surface area contributed by atoms with Gasteiger partial charge in [-0.2, -0.15) is 0 Å². The first kappa shape index (κ1) is 24.7. The topological polar surface area (TPSA) is 63.7 Å². The van der Waals surface area contributed by atoms with Crippen LogP contribution >= 0.6 is 0 Å². The van der Waals surface area contributed by atoms with Gasteiger partial charge in [-0.25, -0.2) is 4.79 Å². The highest BCUT2D eigenvalue weighted by atomic mass is 16.5. The number of likely N-dealkylation sites (tertiary alicyclic amines) is 1. The second-order valence-electron chi connectivity index (χ2n) is 9.44. The molecule has 0 radical (unpaired) electrons. The van der Waals surface area contributed by atoms with Gasteiger partial charge in [0.1, 0.15) is 12.1 Å². The quantitative estimate of drug-likeness (QED) is 0.385. The van der Waals surface area contributed by atoms with Crippen molar-refractivity contribution in [2.75, 3.05) is 6.54 Å². The molecule has 2 aromatic rings. The van der Waals surface area contributed by atoms with Gasteiger partial charge in [0, 0.05) is 12.0 Å². The van der Waals surface area contributed by atoms with Crippen molar-refractivity contribution in [3.8, 4) is 0 Å². The average molecular weight is 450 g/mol. The number of hydrogen-bond donors (Lipinski definition) is 0. The van der Waals surface area contributed by atoms with Gasteiger partial charge in [-0.3, -0.25) is 9.59 Å². The van der Waals surface area contributed by atoms with Crippen molar-refractivity contribution in [3.05, 3.63) is 71.8 Å². The van der Waals surface area contributed by atoms with Gasteiger partial charge in [0.05, 0.1) is 0 Å². The lowest BCUT2D eigenvalue weighted by molar-refractivity contribution is -0.164. The molecule has 2 aromatic carbocycles. The summed E-state index contributed by atoms with van der Waals surface area (Å²) in [6, 6.07) is 19.1. The van der Waals surface area contributed by atoms with Crippen LogP contribution in [0.15, 0.2) is 60.7 Å². The van der Waals surface area contributed by atoms with Crippen LogP contribution in [0.1, 0.15) is 70.1 Å². The lowest BCUT2D eigenvalue weighted by Crippen LogP contribution is -2.53. The highest BCUT2D eigenvalue weighted by Gasteiger charge is 2.41. The molecule has 3 rings (SSSR count). The number of carbonyl (C=O) groups excluding carboxylic acids is 3. The summed E-state index contributed by atoms with van der Waals surface area (Å²) in [4.78, 5) is 40.6. The highest BCUT2D eigenvalue weighted by Crippen LogP contribution is 2.29. The van der Waals surface area contributed by atoms with Crippen LogP contribution in [-0.4, -0.2) is 35.1 Å². The molecule has 5 nitrogen and oxygen atoms in total. The molecule has 5 heteroatoms. The van der Waals surface area contributed by atoms with Crippen molar-refractivity contribution >= 4 is 17.7 Å². The molecule has 1 saturated heterocycles. The number of benzene rings is 2. The molecule has 33 heavy (non-hydrogen) atoms. The van der Waals surface area contributed by atoms with Crippen LogP contribution in [-0.2, 0) is 25.5 Å². The summed E-state index contributed by atoms with van der Waals surface area (Å²) in [5.41, 5.74) is 1.36. The summed E-state index contributed by atoms with van der Waals surface area (Å²) in [6.45, 7) is 5.85. The van der Waals surface area contributed by atoms with E-state index >= 15 is 0 Å². The zero-order chi connectivity index (χ0) is 23.8. The van der Waals surface area contributed by atoms with Gasteiger partial charge in [-0.1, -0.05) is 81.4 Å². The Kier molecular flexibility index (Phi) is 8.43. The smallest absolute Gasteiger partial charge is 0.329 e. The summed E-state index contributed by atoms with van der Waals surface area (Å²) in [5, 5.41) is 0. The molecule has 0 saturated carbocycles. The van der Waals surface area contributed by atoms with Crippen LogP contribution in [0.25, 0.3) is 0 Å². The van der Waals surface area contributed by atoms with E-state index in [0.717, 1.165) is 24.8 Å². The number of Topliss-reactive ketones (excluding diaryl/α,β-unsaturated/α-hetero) is 1. The van der Waals surface area contributed by atoms with Crippen LogP contribution in [0, 0.1) is 5.41 Å². The van der Waals surface area contributed by atoms with Crippen molar-refractivity contribution in [2.45, 2.75) is 71.4 Å². The third kappa shape index (κ3) is 6.31. The number of piperidine rings is 1. The van der Waals surface area contributed by atoms with Crippen molar-refractivity contribution in [1.82, 2.24) is 4.90 Å². The number of esters is 1. The molecule has 2 atom stereocenters. The van der Waals surface area contributed by atoms with Gasteiger partial charge in [0.2, 0.25) is 5.78 Å². The van der Waals surface area contributed by atoms with E-state index in [9.17, 15) is 14.4 Å². The molecule has 1 aliphatic rings. The first-order valence-corrected chi connectivity index (χ1v) is 12.0. The van der Waals surface area contributed by atoms with Crippen LogP contribution < -0.4 is 0 Å². The summed E-state index contributed by atoms with van der Waals surface area (Å²) in [6.07, 6.45) is 3.69. The fourth-order valence-electron chi connectivity index (χ4n) is 4.12. The number of ketones is 1. The van der Waals surface area contributed by atoms with Crippen molar-refractivity contribution in [2.24, 2.45) is 5.41 Å². The summed E-state index contributed by atoms with van der Waals surface area (Å²) in [7, 11) is 0. The SMILES string of the molecule is CCC(C)(C)C(=O)C(=O)N1CCCC[C@H]1C(=O)O[C@@H](CCc1ccccc1)c1ccccc1. The Morgan fingerprint density at radius 1 is 1.00 bits per heavy atom. The Hall–Kier alpha value is -2.95. The molecule has 1 aliphatic heterocycles. The molecule has 0 aromatic heterocycles. The third-order valence-electron chi connectivity index (χ3n) is 6.70. The minimum Gasteiger partial charge on any atom is -0.456 e. The minimum atomic E-state index is -0.745. The predicted octanol–water partition coefficient (Wildman–Crippen LogP) is 5.29. The van der Waals surface area contributed by atoms with E-state index in [4.69, 9.17) is 4.74 Å². The third-order valence-corrected chi connectivity index (χ3v) is 6.70. The number of carbonyl (C=O) groups is 3. The summed E-state index contributed by atoms with van der Waals surface area (Å²) < 4.78 is 6.03. The molecule has 1 amide bonds. The predicted molar refractivity (Wildman–Crippen MR) is 128 cm³/mol. The highest BCUT2D eigenvalue weighted by molar-refractivity contribution is 6.38. The molecule has 0 unspecified atom stereocenters. The molecular weight excluding hydrogens is 414 g/mol. The molecule has 176 valence electrons. The van der Waals surface area contributed by atoms with E-state index in [1.165, 1.54) is 10.5 Å². The first-order valence-electron chi connectivity index (χ1n) is 12.0. The van der Waals surface area contributed by atoms with Gasteiger partial charge >= 0.3 is 5.97 Å². The van der Waals surface area contributed by atoms with Gasteiger partial charge in [0.15, 0.2) is 0 Å². The number of rotatable bonds is 9. The van der Waals surface area contributed by atoms with Crippen LogP contribution in [0.2, 0.25) is 0 Å². The Morgan fingerprint density at radius 2 is 1.64 bits per heavy atom. The van der Waals surface area contributed by atoms with E-state index < -0.39 is 35.2 Å². The lowest BCUT2D eigenvalue weighted by atomic mass is 9.84. The van der Waals surface area contributed by atoms with Crippen molar-refractivity contribution < 1.29 is 19.1 Å². The Balaban J connectivity index is 1.76. The van der Waals surface area contributed by atoms with Crippen molar-refractivity contribution in [3.63, 3.8) is 0 Å². The van der Waals surface area contributed by atoms with E-state index in [-0.39, 0.29) is 0 Å². The number of nitrogens with zero attached hydrogens (tertiary/aromatic N) is 1. The zero-order valence-electron chi connectivity index (χ0n) is 20.0. The monoisotopic (exact) mass is 449 g/mol. The molecule has 0 bridgehead atoms. The molecule has 1 heterocycles. The summed E-state index contributed by atoms with van der Waals surface area (Å²) in [5.74, 6) is -1.43. The normalized spacial score (nSPS) is 17.3. The molecule has 1 fully saturated rings. The standard InChI is InChI=1S/C28H35NO4/c1-4-28(2,3)25(30)26(31)29-20-12-11-17-23(29)27(32)33-24(22-15-9-6-10-16-22)19-18-21-13-7-5-8-14-21/h5-10,13-16,23-24H,4,11-12,17-20H2,1-3H3/t23-,24-/m0/s1.